The maximum atomic E-state index is 5.95. The molecule has 1 fully saturated rings. The summed E-state index contributed by atoms with van der Waals surface area (Å²) in [5.74, 6) is 2.05. The molecule has 2 rings (SSSR count). The summed E-state index contributed by atoms with van der Waals surface area (Å²) < 4.78 is 0. The summed E-state index contributed by atoms with van der Waals surface area (Å²) in [5, 5.41) is 9.89. The molecule has 1 aromatic rings. The molecule has 0 unspecified atom stereocenters. The van der Waals surface area contributed by atoms with Gasteiger partial charge < -0.3 is 5.73 Å². The van der Waals surface area contributed by atoms with Crippen molar-refractivity contribution in [2.24, 2.45) is 11.7 Å². The lowest BCUT2D eigenvalue weighted by molar-refractivity contribution is 0.622. The molecular formula is C15H25N3S. The van der Waals surface area contributed by atoms with Gasteiger partial charge in [-0.1, -0.05) is 26.7 Å². The Balaban J connectivity index is 2.14. The fraction of sp³-hybridized carbons (Fsp3) is 0.733. The van der Waals surface area contributed by atoms with E-state index in [4.69, 9.17) is 5.73 Å². The lowest BCUT2D eigenvalue weighted by Crippen LogP contribution is -2.11. The Bertz CT molecular complexity index is 414. The highest BCUT2D eigenvalue weighted by atomic mass is 32.2. The van der Waals surface area contributed by atoms with E-state index in [0.29, 0.717) is 6.54 Å². The summed E-state index contributed by atoms with van der Waals surface area (Å²) >= 11 is 1.86. The number of aryl methyl sites for hydroxylation is 1. The minimum atomic E-state index is 0.582. The van der Waals surface area contributed by atoms with E-state index in [-0.39, 0.29) is 0 Å². The Morgan fingerprint density at radius 2 is 1.84 bits per heavy atom. The van der Waals surface area contributed by atoms with Gasteiger partial charge in [0, 0.05) is 17.9 Å². The van der Waals surface area contributed by atoms with Gasteiger partial charge in [0.05, 0.1) is 5.69 Å². The molecule has 1 saturated carbocycles. The molecule has 3 nitrogen and oxygen atoms in total. The van der Waals surface area contributed by atoms with E-state index in [1.807, 2.05) is 11.8 Å². The van der Waals surface area contributed by atoms with Crippen molar-refractivity contribution in [3.63, 3.8) is 0 Å². The second-order valence-electron chi connectivity index (χ2n) is 5.28. The summed E-state index contributed by atoms with van der Waals surface area (Å²) in [7, 11) is 0. The molecule has 19 heavy (non-hydrogen) atoms. The molecule has 0 amide bonds. The van der Waals surface area contributed by atoms with Crippen LogP contribution in [-0.2, 0) is 19.4 Å². The van der Waals surface area contributed by atoms with E-state index >= 15 is 0 Å². The number of aromatic nitrogens is 2. The zero-order valence-electron chi connectivity index (χ0n) is 12.1. The van der Waals surface area contributed by atoms with Gasteiger partial charge in [0.2, 0.25) is 0 Å². The van der Waals surface area contributed by atoms with Gasteiger partial charge in [-0.15, -0.1) is 16.9 Å². The summed E-state index contributed by atoms with van der Waals surface area (Å²) in [4.78, 5) is 0. The monoisotopic (exact) mass is 279 g/mol. The van der Waals surface area contributed by atoms with Crippen LogP contribution in [0.3, 0.4) is 0 Å². The van der Waals surface area contributed by atoms with Gasteiger partial charge in [-0.2, -0.15) is 5.10 Å². The molecule has 1 aliphatic carbocycles. The van der Waals surface area contributed by atoms with Crippen molar-refractivity contribution in [2.75, 3.05) is 5.75 Å². The minimum Gasteiger partial charge on any atom is -0.326 e. The van der Waals surface area contributed by atoms with E-state index in [1.165, 1.54) is 42.6 Å². The first-order valence-electron chi connectivity index (χ1n) is 7.50. The van der Waals surface area contributed by atoms with Crippen LogP contribution in [0.4, 0.5) is 0 Å². The highest BCUT2D eigenvalue weighted by Crippen LogP contribution is 2.32. The maximum absolute atomic E-state index is 5.95. The summed E-state index contributed by atoms with van der Waals surface area (Å²) in [6.07, 6.45) is 7.50. The van der Waals surface area contributed by atoms with Crippen molar-refractivity contribution in [1.82, 2.24) is 10.2 Å². The predicted molar refractivity (Wildman–Crippen MR) is 81.4 cm³/mol. The Morgan fingerprint density at radius 1 is 1.11 bits per heavy atom. The number of hydrogen-bond donors (Lipinski definition) is 1. The summed E-state index contributed by atoms with van der Waals surface area (Å²) in [6, 6.07) is 0. The zero-order valence-corrected chi connectivity index (χ0v) is 12.9. The molecule has 0 atom stereocenters. The third kappa shape index (κ3) is 3.48. The van der Waals surface area contributed by atoms with Crippen molar-refractivity contribution in [3.8, 4) is 0 Å². The van der Waals surface area contributed by atoms with Crippen LogP contribution >= 0.6 is 11.8 Å². The molecule has 0 saturated heterocycles. The van der Waals surface area contributed by atoms with Crippen molar-refractivity contribution in [2.45, 2.75) is 63.9 Å². The van der Waals surface area contributed by atoms with Gasteiger partial charge in [0.15, 0.2) is 0 Å². The molecule has 0 aliphatic heterocycles. The average molecular weight is 279 g/mol. The first-order chi connectivity index (χ1) is 9.30. The number of nitrogens with zero attached hydrogens (tertiary/aromatic N) is 2. The third-order valence-corrected chi connectivity index (χ3v) is 5.29. The fourth-order valence-electron chi connectivity index (χ4n) is 2.93. The van der Waals surface area contributed by atoms with E-state index in [1.54, 1.807) is 0 Å². The topological polar surface area (TPSA) is 51.8 Å². The first-order valence-corrected chi connectivity index (χ1v) is 8.48. The molecule has 2 N–H and O–H groups in total. The van der Waals surface area contributed by atoms with Crippen LogP contribution in [0.5, 0.6) is 0 Å². The van der Waals surface area contributed by atoms with Crippen molar-refractivity contribution in [3.05, 3.63) is 16.8 Å². The Hall–Kier alpha value is -0.610. The maximum Gasteiger partial charge on any atom is 0.124 e. The molecule has 0 radical (unpaired) electrons. The van der Waals surface area contributed by atoms with Crippen LogP contribution in [0.2, 0.25) is 0 Å². The van der Waals surface area contributed by atoms with Crippen molar-refractivity contribution in [1.29, 1.82) is 0 Å². The van der Waals surface area contributed by atoms with Crippen LogP contribution < -0.4 is 5.73 Å². The van der Waals surface area contributed by atoms with Gasteiger partial charge in [-0.05, 0) is 37.2 Å². The summed E-state index contributed by atoms with van der Waals surface area (Å²) in [5.41, 5.74) is 9.63. The Kier molecular flexibility index (Phi) is 5.64. The lowest BCUT2D eigenvalue weighted by Gasteiger charge is -2.15. The smallest absolute Gasteiger partial charge is 0.124 e. The van der Waals surface area contributed by atoms with Crippen LogP contribution in [0.15, 0.2) is 5.03 Å². The van der Waals surface area contributed by atoms with Gasteiger partial charge >= 0.3 is 0 Å². The second-order valence-corrected chi connectivity index (χ2v) is 6.29. The number of nitrogens with two attached hydrogens (primary N) is 1. The number of thioether (sulfide) groups is 1. The number of hydrogen-bond acceptors (Lipinski definition) is 4. The molecule has 1 heterocycles. The van der Waals surface area contributed by atoms with Crippen LogP contribution in [-0.4, -0.2) is 16.0 Å². The predicted octanol–water partition coefficient (Wildman–Crippen LogP) is 3.34. The first kappa shape index (κ1) is 14.8. The van der Waals surface area contributed by atoms with E-state index < -0.39 is 0 Å². The van der Waals surface area contributed by atoms with Crippen LogP contribution in [0, 0.1) is 5.92 Å². The normalized spacial score (nSPS) is 16.2. The molecule has 1 aromatic heterocycles. The van der Waals surface area contributed by atoms with Gasteiger partial charge in [-0.25, -0.2) is 0 Å². The minimum absolute atomic E-state index is 0.582. The summed E-state index contributed by atoms with van der Waals surface area (Å²) in [6.45, 7) is 4.90. The number of rotatable bonds is 6. The molecule has 4 heteroatoms. The molecule has 1 aliphatic rings. The third-order valence-electron chi connectivity index (χ3n) is 4.06. The Labute approximate surface area is 120 Å². The molecule has 0 bridgehead atoms. The lowest BCUT2D eigenvalue weighted by atomic mass is 10.0. The average Bonchev–Trinajstić information content (AvgIpc) is 2.96. The molecular weight excluding hydrogens is 254 g/mol. The van der Waals surface area contributed by atoms with E-state index in [9.17, 15) is 0 Å². The van der Waals surface area contributed by atoms with Gasteiger partial charge in [0.1, 0.15) is 5.03 Å². The van der Waals surface area contributed by atoms with E-state index in [0.717, 1.165) is 29.5 Å². The highest BCUT2D eigenvalue weighted by Gasteiger charge is 2.18. The fourth-order valence-corrected chi connectivity index (χ4v) is 4.14. The van der Waals surface area contributed by atoms with Crippen molar-refractivity contribution >= 4 is 11.8 Å². The quantitative estimate of drug-likeness (QED) is 0.811. The van der Waals surface area contributed by atoms with Crippen LogP contribution in [0.25, 0.3) is 0 Å². The van der Waals surface area contributed by atoms with Crippen molar-refractivity contribution < 1.29 is 0 Å². The standard InChI is InChI=1S/C15H25N3S/c1-3-12-13(9-16)15(18-17-14(12)4-2)19-10-11-7-5-6-8-11/h11H,3-10,16H2,1-2H3. The van der Waals surface area contributed by atoms with Crippen LogP contribution in [0.1, 0.15) is 56.4 Å². The highest BCUT2D eigenvalue weighted by molar-refractivity contribution is 7.99. The van der Waals surface area contributed by atoms with Gasteiger partial charge in [0.25, 0.3) is 0 Å². The van der Waals surface area contributed by atoms with Gasteiger partial charge in [-0.3, -0.25) is 0 Å². The second kappa shape index (κ2) is 7.25. The molecule has 106 valence electrons. The largest absolute Gasteiger partial charge is 0.326 e. The molecule has 0 spiro atoms. The molecule has 0 aromatic carbocycles. The zero-order chi connectivity index (χ0) is 13.7. The Morgan fingerprint density at radius 3 is 2.42 bits per heavy atom. The van der Waals surface area contributed by atoms with E-state index in [2.05, 4.69) is 24.0 Å². The SMILES string of the molecule is CCc1nnc(SCC2CCCC2)c(CN)c1CC.